The smallest absolute Gasteiger partial charge is 0.332 e. The van der Waals surface area contributed by atoms with Gasteiger partial charge in [0, 0.05) is 20.5 Å². The van der Waals surface area contributed by atoms with Crippen molar-refractivity contribution >= 4 is 16.9 Å². The van der Waals surface area contributed by atoms with Gasteiger partial charge in [0.2, 0.25) is 11.7 Å². The highest BCUT2D eigenvalue weighted by Crippen LogP contribution is 2.22. The molecule has 0 bridgehead atoms. The lowest BCUT2D eigenvalue weighted by molar-refractivity contribution is 0.435. The number of allylic oxidation sites excluding steroid dienone is 2. The Morgan fingerprint density at radius 1 is 1.06 bits per heavy atom. The average molecular weight is 439 g/mol. The summed E-state index contributed by atoms with van der Waals surface area (Å²) in [6.45, 7) is 3.76. The molecule has 0 amide bonds. The van der Waals surface area contributed by atoms with E-state index >= 15 is 0 Å². The summed E-state index contributed by atoms with van der Waals surface area (Å²) in [5.41, 5.74) is -0.0436. The van der Waals surface area contributed by atoms with E-state index in [1.807, 2.05) is 13.8 Å². The van der Waals surface area contributed by atoms with E-state index in [4.69, 9.17) is 0 Å². The zero-order valence-electron chi connectivity index (χ0n) is 18.1. The Morgan fingerprint density at radius 2 is 1.72 bits per heavy atom. The molecule has 4 rings (SSSR count). The van der Waals surface area contributed by atoms with Crippen LogP contribution in [0.5, 0.6) is 5.88 Å². The Kier molecular flexibility index (Phi) is 5.08. The van der Waals surface area contributed by atoms with Crippen LogP contribution in [0.2, 0.25) is 0 Å². The van der Waals surface area contributed by atoms with Crippen LogP contribution in [0.1, 0.15) is 25.0 Å². The fourth-order valence-electron chi connectivity index (χ4n) is 3.65. The first-order valence-electron chi connectivity index (χ1n) is 9.92. The van der Waals surface area contributed by atoms with Gasteiger partial charge in [-0.2, -0.15) is 4.98 Å². The highest BCUT2D eigenvalue weighted by atomic mass is 19.1. The first-order chi connectivity index (χ1) is 15.1. The van der Waals surface area contributed by atoms with Crippen LogP contribution < -0.4 is 16.8 Å². The fraction of sp³-hybridized carbons (Fsp3) is 0.273. The predicted molar refractivity (Wildman–Crippen MR) is 118 cm³/mol. The van der Waals surface area contributed by atoms with E-state index < -0.39 is 28.5 Å². The summed E-state index contributed by atoms with van der Waals surface area (Å²) in [5.74, 6) is -0.812. The van der Waals surface area contributed by atoms with Crippen LogP contribution in [0.3, 0.4) is 0 Å². The Morgan fingerprint density at radius 3 is 2.34 bits per heavy atom. The Hall–Kier alpha value is -3.95. The van der Waals surface area contributed by atoms with Crippen LogP contribution in [-0.4, -0.2) is 28.2 Å². The maximum atomic E-state index is 13.4. The minimum atomic E-state index is -0.647. The number of nitrogens with zero attached hydrogens (tertiary/aromatic N) is 5. The second kappa shape index (κ2) is 7.63. The second-order valence-corrected chi connectivity index (χ2v) is 7.93. The Bertz CT molecular complexity index is 1580. The van der Waals surface area contributed by atoms with Gasteiger partial charge in [0.15, 0.2) is 11.2 Å². The van der Waals surface area contributed by atoms with Crippen molar-refractivity contribution in [3.05, 3.63) is 84.1 Å². The summed E-state index contributed by atoms with van der Waals surface area (Å²) in [6, 6.07) is 5.64. The van der Waals surface area contributed by atoms with Crippen LogP contribution in [0.25, 0.3) is 16.9 Å². The molecular formula is C22H22FN5O4. The molecule has 0 fully saturated rings. The van der Waals surface area contributed by atoms with E-state index in [0.29, 0.717) is 5.56 Å². The molecule has 0 saturated carbocycles. The van der Waals surface area contributed by atoms with E-state index in [-0.39, 0.29) is 35.5 Å². The Balaban J connectivity index is 2.16. The molecular weight excluding hydrogens is 417 g/mol. The molecule has 166 valence electrons. The van der Waals surface area contributed by atoms with Gasteiger partial charge in [-0.25, -0.2) is 13.6 Å². The van der Waals surface area contributed by atoms with E-state index in [1.54, 1.807) is 18.2 Å². The number of aromatic nitrogens is 5. The molecule has 1 aromatic carbocycles. The highest BCUT2D eigenvalue weighted by molar-refractivity contribution is 5.76. The molecule has 10 heteroatoms. The average Bonchev–Trinajstić information content (AvgIpc) is 3.15. The molecule has 1 N–H and O–H groups in total. The molecule has 0 aliphatic rings. The summed E-state index contributed by atoms with van der Waals surface area (Å²) in [6.07, 6.45) is 1.93. The van der Waals surface area contributed by atoms with Crippen molar-refractivity contribution in [2.75, 3.05) is 0 Å². The molecule has 9 nitrogen and oxygen atoms in total. The highest BCUT2D eigenvalue weighted by Gasteiger charge is 2.24. The number of aryl methyl sites for hydroxylation is 1. The first-order valence-corrected chi connectivity index (χ1v) is 9.92. The number of halogens is 1. The fourth-order valence-corrected chi connectivity index (χ4v) is 3.65. The number of benzene rings is 1. The monoisotopic (exact) mass is 439 g/mol. The minimum absolute atomic E-state index is 0.00563. The number of hydrogen-bond acceptors (Lipinski definition) is 5. The molecule has 0 spiro atoms. The van der Waals surface area contributed by atoms with Crippen molar-refractivity contribution in [2.45, 2.75) is 26.8 Å². The number of fused-ring (bicyclic) bond motifs is 3. The normalized spacial score (nSPS) is 11.4. The summed E-state index contributed by atoms with van der Waals surface area (Å²) in [7, 11) is 2.79. The third-order valence-corrected chi connectivity index (χ3v) is 5.43. The summed E-state index contributed by atoms with van der Waals surface area (Å²) in [5, 5.41) is 11.0. The molecule has 0 atom stereocenters. The molecule has 32 heavy (non-hydrogen) atoms. The van der Waals surface area contributed by atoms with Crippen LogP contribution in [0.4, 0.5) is 4.39 Å². The lowest BCUT2D eigenvalue weighted by atomic mass is 10.1. The van der Waals surface area contributed by atoms with Gasteiger partial charge in [0.25, 0.3) is 11.1 Å². The van der Waals surface area contributed by atoms with E-state index in [0.717, 1.165) is 10.1 Å². The van der Waals surface area contributed by atoms with E-state index in [9.17, 15) is 23.9 Å². The summed E-state index contributed by atoms with van der Waals surface area (Å²) >= 11 is 0. The lowest BCUT2D eigenvalue weighted by Gasteiger charge is -2.13. The largest absolute Gasteiger partial charge is 0.494 e. The van der Waals surface area contributed by atoms with Crippen LogP contribution in [-0.2, 0) is 27.1 Å². The number of aromatic hydroxyl groups is 1. The molecule has 0 unspecified atom stereocenters. The maximum absolute atomic E-state index is 13.4. The topological polar surface area (TPSA) is 104 Å². The zero-order valence-corrected chi connectivity index (χ0v) is 18.1. The summed E-state index contributed by atoms with van der Waals surface area (Å²) < 4.78 is 18.0. The zero-order chi connectivity index (χ0) is 23.3. The minimum Gasteiger partial charge on any atom is -0.494 e. The quantitative estimate of drug-likeness (QED) is 0.485. The molecule has 0 aliphatic heterocycles. The van der Waals surface area contributed by atoms with Crippen molar-refractivity contribution < 1.29 is 9.50 Å². The van der Waals surface area contributed by atoms with Gasteiger partial charge in [-0.3, -0.25) is 23.3 Å². The third-order valence-electron chi connectivity index (χ3n) is 5.43. The predicted octanol–water partition coefficient (Wildman–Crippen LogP) is 1.45. The molecule has 4 aromatic rings. The van der Waals surface area contributed by atoms with Gasteiger partial charge in [0.05, 0.1) is 12.1 Å². The van der Waals surface area contributed by atoms with E-state index in [2.05, 4.69) is 4.98 Å². The number of imidazole rings is 1. The van der Waals surface area contributed by atoms with Gasteiger partial charge in [0.1, 0.15) is 5.82 Å². The van der Waals surface area contributed by atoms with Crippen molar-refractivity contribution in [3.63, 3.8) is 0 Å². The van der Waals surface area contributed by atoms with Gasteiger partial charge in [-0.05, 0) is 31.5 Å². The molecule has 0 saturated heterocycles. The Labute approximate surface area is 180 Å². The van der Waals surface area contributed by atoms with Gasteiger partial charge < -0.3 is 5.11 Å². The van der Waals surface area contributed by atoms with E-state index in [1.165, 1.54) is 39.8 Å². The summed E-state index contributed by atoms with van der Waals surface area (Å²) in [4.78, 5) is 43.1. The third kappa shape index (κ3) is 3.24. The van der Waals surface area contributed by atoms with Crippen LogP contribution in [0, 0.1) is 5.82 Å². The van der Waals surface area contributed by atoms with Crippen LogP contribution in [0.15, 0.2) is 50.3 Å². The number of hydrogen-bond donors (Lipinski definition) is 1. The molecule has 3 heterocycles. The SMILES string of the molecule is CC(C)=CCc1c(O)n2c3c(=O)n(C)c(=O)n(C)c3nc2n(Cc2ccc(F)cc2)c1=O. The molecule has 0 aliphatic carbocycles. The first kappa shape index (κ1) is 21.3. The standard InChI is InChI=1S/C22H22FN5O4/c1-12(2)5-10-15-18(29)27(11-13-6-8-14(23)9-7-13)21-24-17-16(28(21)19(15)30)20(31)26(4)22(32)25(17)3/h5-9,30H,10-11H2,1-4H3. The van der Waals surface area contributed by atoms with Gasteiger partial charge in [-0.15, -0.1) is 0 Å². The maximum Gasteiger partial charge on any atom is 0.332 e. The number of rotatable bonds is 4. The second-order valence-electron chi connectivity index (χ2n) is 7.93. The van der Waals surface area contributed by atoms with Gasteiger partial charge >= 0.3 is 5.69 Å². The molecule has 3 aromatic heterocycles. The van der Waals surface area contributed by atoms with Crippen LogP contribution >= 0.6 is 0 Å². The van der Waals surface area contributed by atoms with Gasteiger partial charge in [-0.1, -0.05) is 23.8 Å². The lowest BCUT2D eigenvalue weighted by Crippen LogP contribution is -2.37. The van der Waals surface area contributed by atoms with Crippen molar-refractivity contribution in [1.82, 2.24) is 23.1 Å². The molecule has 0 radical (unpaired) electrons. The van der Waals surface area contributed by atoms with Crippen molar-refractivity contribution in [1.29, 1.82) is 0 Å². The van der Waals surface area contributed by atoms with Crippen molar-refractivity contribution in [2.24, 2.45) is 14.1 Å². The van der Waals surface area contributed by atoms with Crippen molar-refractivity contribution in [3.8, 4) is 5.88 Å².